The zero-order valence-electron chi connectivity index (χ0n) is 28.1. The van der Waals surface area contributed by atoms with Gasteiger partial charge in [-0.2, -0.15) is 0 Å². The molecular formula is C35H43N4O8+. The van der Waals surface area contributed by atoms with Crippen LogP contribution in [0.25, 0.3) is 11.1 Å². The predicted molar refractivity (Wildman–Crippen MR) is 174 cm³/mol. The van der Waals surface area contributed by atoms with Crippen molar-refractivity contribution in [3.05, 3.63) is 78.0 Å². The van der Waals surface area contributed by atoms with Gasteiger partial charge in [0.05, 0.1) is 30.9 Å². The van der Waals surface area contributed by atoms with Crippen LogP contribution < -0.4 is 19.9 Å². The second kappa shape index (κ2) is 13.8. The van der Waals surface area contributed by atoms with Gasteiger partial charge in [0.25, 0.3) is 17.6 Å². The van der Waals surface area contributed by atoms with Crippen LogP contribution in [0, 0.1) is 0 Å². The molecule has 1 aromatic heterocycles. The van der Waals surface area contributed by atoms with Gasteiger partial charge in [0.15, 0.2) is 0 Å². The van der Waals surface area contributed by atoms with Crippen LogP contribution in [0.4, 0.5) is 10.6 Å². The van der Waals surface area contributed by atoms with Gasteiger partial charge in [0.1, 0.15) is 30.1 Å². The predicted octanol–water partition coefficient (Wildman–Crippen LogP) is 4.82. The summed E-state index contributed by atoms with van der Waals surface area (Å²) in [4.78, 5) is 56.9. The molecule has 1 aliphatic rings. The Hall–Kier alpha value is -4.97. The Morgan fingerprint density at radius 3 is 1.89 bits per heavy atom. The summed E-state index contributed by atoms with van der Waals surface area (Å²) in [6, 6.07) is 17.5. The Morgan fingerprint density at radius 1 is 0.766 bits per heavy atom. The highest BCUT2D eigenvalue weighted by atomic mass is 16.7. The van der Waals surface area contributed by atoms with Gasteiger partial charge in [0.2, 0.25) is 5.60 Å². The molecular weight excluding hydrogens is 604 g/mol. The van der Waals surface area contributed by atoms with E-state index in [4.69, 9.17) is 19.0 Å². The summed E-state index contributed by atoms with van der Waals surface area (Å²) in [5, 5.41) is 6.60. The van der Waals surface area contributed by atoms with Gasteiger partial charge >= 0.3 is 12.1 Å². The van der Waals surface area contributed by atoms with Crippen LogP contribution in [0.3, 0.4) is 0 Å². The van der Waals surface area contributed by atoms with E-state index in [9.17, 15) is 19.2 Å². The Morgan fingerprint density at radius 2 is 1.34 bits per heavy atom. The molecule has 0 radical (unpaired) electrons. The van der Waals surface area contributed by atoms with Crippen LogP contribution in [0.15, 0.2) is 66.9 Å². The summed E-state index contributed by atoms with van der Waals surface area (Å²) in [5.41, 5.74) is -1.00. The lowest BCUT2D eigenvalue weighted by Crippen LogP contribution is -2.52. The number of anilines is 1. The molecule has 12 heteroatoms. The Balaban J connectivity index is 1.40. The number of rotatable bonds is 11. The molecule has 47 heavy (non-hydrogen) atoms. The lowest BCUT2D eigenvalue weighted by Gasteiger charge is -2.32. The van der Waals surface area contributed by atoms with Crippen LogP contribution in [0.5, 0.6) is 5.75 Å². The number of carbonyl (C=O) groups excluding carboxylic acids is 4. The molecule has 12 nitrogen and oxygen atoms in total. The van der Waals surface area contributed by atoms with Crippen molar-refractivity contribution in [3.63, 3.8) is 0 Å². The number of amides is 3. The molecule has 0 aliphatic carbocycles. The molecule has 2 N–H and O–H groups in total. The van der Waals surface area contributed by atoms with E-state index >= 15 is 0 Å². The Kier molecular flexibility index (Phi) is 10.2. The number of hydrogen-bond acceptors (Lipinski definition) is 9. The Labute approximate surface area is 274 Å². The number of hydroxylamine groups is 2. The molecule has 250 valence electrons. The largest absolute Gasteiger partial charge is 0.490 e. The van der Waals surface area contributed by atoms with Crippen molar-refractivity contribution in [1.82, 2.24) is 10.4 Å². The zero-order valence-corrected chi connectivity index (χ0v) is 28.1. The molecule has 0 bridgehead atoms. The van der Waals surface area contributed by atoms with Crippen LogP contribution >= 0.6 is 0 Å². The third-order valence-corrected chi connectivity index (χ3v) is 6.81. The van der Waals surface area contributed by atoms with Gasteiger partial charge in [-0.3, -0.25) is 14.9 Å². The number of aromatic nitrogens is 1. The molecule has 0 fully saturated rings. The zero-order chi connectivity index (χ0) is 34.6. The monoisotopic (exact) mass is 647 g/mol. The highest BCUT2D eigenvalue weighted by Crippen LogP contribution is 2.29. The normalized spacial score (nSPS) is 14.3. The SMILES string of the molecule is C[n+]1cc(-c2ccc(OCC(C)(ON3C(=O)c4ccccc4C3=O)C(=O)OC(C)(C)C)cc2)ccc1NCCNC(=O)OC(C)(C)C. The average Bonchev–Trinajstić information content (AvgIpc) is 3.22. The van der Waals surface area contributed by atoms with Gasteiger partial charge in [-0.15, -0.1) is 5.06 Å². The average molecular weight is 648 g/mol. The summed E-state index contributed by atoms with van der Waals surface area (Å²) in [6.45, 7) is 12.6. The summed E-state index contributed by atoms with van der Waals surface area (Å²) in [6.07, 6.45) is 1.51. The number of pyridine rings is 1. The molecule has 1 unspecified atom stereocenters. The van der Waals surface area contributed by atoms with Gasteiger partial charge in [0, 0.05) is 11.6 Å². The van der Waals surface area contributed by atoms with Gasteiger partial charge in [-0.25, -0.2) is 19.0 Å². The minimum atomic E-state index is -1.83. The molecule has 3 aromatic rings. The third-order valence-electron chi connectivity index (χ3n) is 6.81. The molecule has 2 heterocycles. The number of imide groups is 1. The van der Waals surface area contributed by atoms with Crippen molar-refractivity contribution in [2.24, 2.45) is 7.05 Å². The molecule has 4 rings (SSSR count). The first kappa shape index (κ1) is 34.9. The fourth-order valence-corrected chi connectivity index (χ4v) is 4.56. The van der Waals surface area contributed by atoms with Crippen molar-refractivity contribution in [2.75, 3.05) is 25.0 Å². The molecule has 2 aromatic carbocycles. The molecule has 0 spiro atoms. The quantitative estimate of drug-likeness (QED) is 0.130. The van der Waals surface area contributed by atoms with E-state index in [-0.39, 0.29) is 17.7 Å². The Bertz CT molecular complexity index is 1610. The maximum Gasteiger partial charge on any atom is 0.407 e. The molecule has 1 atom stereocenters. The van der Waals surface area contributed by atoms with Crippen molar-refractivity contribution < 1.29 is 42.8 Å². The van der Waals surface area contributed by atoms with Crippen LogP contribution in [-0.4, -0.2) is 65.4 Å². The van der Waals surface area contributed by atoms with Crippen molar-refractivity contribution in [3.8, 4) is 16.9 Å². The van der Waals surface area contributed by atoms with Crippen LogP contribution in [0.1, 0.15) is 69.2 Å². The van der Waals surface area contributed by atoms with Gasteiger partial charge in [-0.1, -0.05) is 24.3 Å². The smallest absolute Gasteiger partial charge is 0.407 e. The fourth-order valence-electron chi connectivity index (χ4n) is 4.56. The van der Waals surface area contributed by atoms with Gasteiger partial charge in [-0.05, 0) is 84.4 Å². The third kappa shape index (κ3) is 9.07. The molecule has 0 saturated carbocycles. The number of carbonyl (C=O) groups is 4. The minimum absolute atomic E-state index is 0.188. The molecule has 0 saturated heterocycles. The van der Waals surface area contributed by atoms with E-state index in [2.05, 4.69) is 10.6 Å². The van der Waals surface area contributed by atoms with E-state index < -0.39 is 40.7 Å². The number of nitrogens with zero attached hydrogens (tertiary/aromatic N) is 2. The van der Waals surface area contributed by atoms with Gasteiger partial charge < -0.3 is 19.5 Å². The number of aryl methyl sites for hydroxylation is 1. The number of ether oxygens (including phenoxy) is 3. The standard InChI is InChI=1S/C35H42N4O8/c1-33(2,3)45-31(42)35(7,47-39-29(40)26-11-9-10-12-27(26)30(39)41)22-44-25-16-13-23(14-17-25)24-15-18-28(38(8)21-24)36-19-20-37-32(43)46-34(4,5)6/h9-18,21H,19-20,22H2,1-8H3,(H,37,43)/p+1. The highest BCUT2D eigenvalue weighted by Gasteiger charge is 2.47. The number of nitrogens with one attached hydrogen (secondary N) is 2. The second-order valence-electron chi connectivity index (χ2n) is 13.4. The topological polar surface area (TPSA) is 136 Å². The first-order chi connectivity index (χ1) is 22.0. The maximum atomic E-state index is 13.3. The van der Waals surface area contributed by atoms with E-state index in [0.717, 1.165) is 16.9 Å². The van der Waals surface area contributed by atoms with Crippen LogP contribution in [-0.2, 0) is 26.2 Å². The first-order valence-electron chi connectivity index (χ1n) is 15.3. The van der Waals surface area contributed by atoms with Crippen molar-refractivity contribution in [2.45, 2.75) is 65.3 Å². The summed E-state index contributed by atoms with van der Waals surface area (Å²) >= 11 is 0. The lowest BCUT2D eigenvalue weighted by atomic mass is 10.1. The molecule has 1 aliphatic heterocycles. The number of benzene rings is 2. The van der Waals surface area contributed by atoms with E-state index in [1.807, 2.05) is 62.8 Å². The second-order valence-corrected chi connectivity index (χ2v) is 13.4. The number of hydrogen-bond donors (Lipinski definition) is 2. The fraction of sp³-hybridized carbons (Fsp3) is 0.400. The van der Waals surface area contributed by atoms with Crippen LogP contribution in [0.2, 0.25) is 0 Å². The minimum Gasteiger partial charge on any atom is -0.490 e. The van der Waals surface area contributed by atoms with E-state index in [1.165, 1.54) is 19.1 Å². The lowest BCUT2D eigenvalue weighted by molar-refractivity contribution is -0.656. The van der Waals surface area contributed by atoms with E-state index in [1.54, 1.807) is 45.0 Å². The van der Waals surface area contributed by atoms with E-state index in [0.29, 0.717) is 23.9 Å². The van der Waals surface area contributed by atoms with Crippen molar-refractivity contribution >= 4 is 29.7 Å². The number of fused-ring (bicyclic) bond motifs is 1. The first-order valence-corrected chi connectivity index (χ1v) is 15.3. The highest BCUT2D eigenvalue weighted by molar-refractivity contribution is 6.20. The molecule has 3 amide bonds. The maximum absolute atomic E-state index is 13.3. The summed E-state index contributed by atoms with van der Waals surface area (Å²) in [5.74, 6) is -0.831. The van der Waals surface area contributed by atoms with Crippen molar-refractivity contribution in [1.29, 1.82) is 0 Å². The number of alkyl carbamates (subject to hydrolysis) is 1. The summed E-state index contributed by atoms with van der Waals surface area (Å²) < 4.78 is 18.7. The summed E-state index contributed by atoms with van der Waals surface area (Å²) in [7, 11) is 1.91. The number of esters is 1.